The minimum atomic E-state index is 0.00774. The first-order chi connectivity index (χ1) is 9.99. The largest absolute Gasteiger partial charge is 0.309 e. The van der Waals surface area contributed by atoms with Crippen LogP contribution in [0, 0.1) is 13.8 Å². The molecule has 0 spiro atoms. The van der Waals surface area contributed by atoms with Gasteiger partial charge in [-0.25, -0.2) is 4.98 Å². The molecular formula is C16H23N3OS. The summed E-state index contributed by atoms with van der Waals surface area (Å²) in [6.45, 7) is 9.56. The predicted molar refractivity (Wildman–Crippen MR) is 88.1 cm³/mol. The van der Waals surface area contributed by atoms with Crippen LogP contribution in [0.2, 0.25) is 0 Å². The number of aryl methyl sites for hydroxylation is 2. The molecule has 4 nitrogen and oxygen atoms in total. The number of nitrogens with zero attached hydrogens (tertiary/aromatic N) is 2. The number of hydrogen-bond donors (Lipinski definition) is 1. The maximum Gasteiger partial charge on any atom is 0.259 e. The van der Waals surface area contributed by atoms with Gasteiger partial charge in [0.05, 0.1) is 11.4 Å². The molecule has 1 aliphatic rings. The number of likely N-dealkylation sites (tertiary alicyclic amines) is 1. The fourth-order valence-electron chi connectivity index (χ4n) is 3.32. The van der Waals surface area contributed by atoms with Crippen LogP contribution in [0.1, 0.15) is 55.4 Å². The molecule has 2 atom stereocenters. The van der Waals surface area contributed by atoms with Crippen LogP contribution >= 0.6 is 11.3 Å². The molecule has 2 unspecified atom stereocenters. The highest BCUT2D eigenvalue weighted by Crippen LogP contribution is 2.29. The van der Waals surface area contributed by atoms with Gasteiger partial charge in [-0.15, -0.1) is 11.3 Å². The quantitative estimate of drug-likeness (QED) is 0.923. The van der Waals surface area contributed by atoms with Crippen molar-refractivity contribution in [2.45, 2.75) is 59.0 Å². The van der Waals surface area contributed by atoms with Crippen molar-refractivity contribution >= 4 is 21.6 Å². The predicted octanol–water partition coefficient (Wildman–Crippen LogP) is 3.54. The van der Waals surface area contributed by atoms with Gasteiger partial charge in [-0.3, -0.25) is 9.69 Å². The third kappa shape index (κ3) is 2.53. The summed E-state index contributed by atoms with van der Waals surface area (Å²) >= 11 is 1.62. The topological polar surface area (TPSA) is 49.0 Å². The number of rotatable bonds is 2. The van der Waals surface area contributed by atoms with Crippen molar-refractivity contribution in [2.75, 3.05) is 6.54 Å². The van der Waals surface area contributed by atoms with Crippen molar-refractivity contribution < 1.29 is 0 Å². The van der Waals surface area contributed by atoms with E-state index in [1.54, 1.807) is 11.3 Å². The Balaban J connectivity index is 2.02. The van der Waals surface area contributed by atoms with E-state index in [4.69, 9.17) is 4.98 Å². The second kappa shape index (κ2) is 5.54. The number of hydrogen-bond acceptors (Lipinski definition) is 4. The first kappa shape index (κ1) is 14.7. The fraction of sp³-hybridized carbons (Fsp3) is 0.625. The second-order valence-electron chi connectivity index (χ2n) is 6.17. The lowest BCUT2D eigenvalue weighted by Gasteiger charge is -2.37. The Hall–Kier alpha value is -1.20. The van der Waals surface area contributed by atoms with Crippen molar-refractivity contribution in [2.24, 2.45) is 0 Å². The summed E-state index contributed by atoms with van der Waals surface area (Å²) in [5.41, 5.74) is 1.07. The van der Waals surface area contributed by atoms with Crippen molar-refractivity contribution in [3.8, 4) is 0 Å². The third-order valence-corrected chi connectivity index (χ3v) is 5.91. The van der Waals surface area contributed by atoms with Crippen LogP contribution in [0.25, 0.3) is 10.2 Å². The fourth-order valence-corrected chi connectivity index (χ4v) is 4.36. The molecule has 0 radical (unpaired) electrons. The molecule has 1 saturated heterocycles. The van der Waals surface area contributed by atoms with Crippen LogP contribution in [-0.2, 0) is 0 Å². The van der Waals surface area contributed by atoms with Crippen LogP contribution in [-0.4, -0.2) is 27.5 Å². The highest BCUT2D eigenvalue weighted by atomic mass is 32.1. The van der Waals surface area contributed by atoms with Gasteiger partial charge in [0.15, 0.2) is 0 Å². The Bertz CT molecular complexity index is 718. The van der Waals surface area contributed by atoms with Gasteiger partial charge in [-0.1, -0.05) is 6.42 Å². The first-order valence-corrected chi connectivity index (χ1v) is 8.56. The van der Waals surface area contributed by atoms with Gasteiger partial charge in [0.1, 0.15) is 10.7 Å². The zero-order chi connectivity index (χ0) is 15.1. The average molecular weight is 305 g/mol. The van der Waals surface area contributed by atoms with E-state index in [9.17, 15) is 4.79 Å². The van der Waals surface area contributed by atoms with E-state index in [0.29, 0.717) is 6.04 Å². The molecule has 0 aromatic carbocycles. The Kier molecular flexibility index (Phi) is 3.88. The molecule has 2 aromatic heterocycles. The molecule has 0 saturated carbocycles. The van der Waals surface area contributed by atoms with Crippen molar-refractivity contribution in [3.05, 3.63) is 26.6 Å². The standard InChI is InChI=1S/C16H23N3OS/c1-9-7-5-6-8-19(9)11(3)14-17-15(20)13-10(2)12(4)21-16(13)18-14/h9,11H,5-8H2,1-4H3,(H,17,18,20). The highest BCUT2D eigenvalue weighted by Gasteiger charge is 2.26. The van der Waals surface area contributed by atoms with Crippen molar-refractivity contribution in [1.29, 1.82) is 0 Å². The molecule has 0 aliphatic carbocycles. The van der Waals surface area contributed by atoms with Gasteiger partial charge in [0.2, 0.25) is 0 Å². The van der Waals surface area contributed by atoms with Crippen LogP contribution in [0.5, 0.6) is 0 Å². The highest BCUT2D eigenvalue weighted by molar-refractivity contribution is 7.18. The van der Waals surface area contributed by atoms with Crippen molar-refractivity contribution in [3.63, 3.8) is 0 Å². The molecule has 3 heterocycles. The first-order valence-electron chi connectivity index (χ1n) is 7.74. The molecule has 114 valence electrons. The van der Waals surface area contributed by atoms with Gasteiger partial charge >= 0.3 is 0 Å². The van der Waals surface area contributed by atoms with E-state index in [2.05, 4.69) is 30.7 Å². The maximum atomic E-state index is 12.4. The summed E-state index contributed by atoms with van der Waals surface area (Å²) in [7, 11) is 0. The number of nitrogens with one attached hydrogen (secondary N) is 1. The van der Waals surface area contributed by atoms with E-state index in [0.717, 1.165) is 28.1 Å². The Morgan fingerprint density at radius 2 is 2.14 bits per heavy atom. The van der Waals surface area contributed by atoms with Crippen LogP contribution in [0.3, 0.4) is 0 Å². The molecule has 1 fully saturated rings. The zero-order valence-electron chi connectivity index (χ0n) is 13.2. The van der Waals surface area contributed by atoms with E-state index in [-0.39, 0.29) is 11.6 Å². The minimum absolute atomic E-state index is 0.00774. The van der Waals surface area contributed by atoms with E-state index >= 15 is 0 Å². The Labute approximate surface area is 129 Å². The normalized spacial score (nSPS) is 21.8. The summed E-state index contributed by atoms with van der Waals surface area (Å²) in [5.74, 6) is 0.808. The van der Waals surface area contributed by atoms with Gasteiger partial charge in [0, 0.05) is 10.9 Å². The molecule has 1 N–H and O–H groups in total. The van der Waals surface area contributed by atoms with Crippen molar-refractivity contribution in [1.82, 2.24) is 14.9 Å². The summed E-state index contributed by atoms with van der Waals surface area (Å²) in [6.07, 6.45) is 3.77. The smallest absolute Gasteiger partial charge is 0.259 e. The van der Waals surface area contributed by atoms with Gasteiger partial charge in [0.25, 0.3) is 5.56 Å². The Morgan fingerprint density at radius 1 is 1.38 bits per heavy atom. The van der Waals surface area contributed by atoms with Gasteiger partial charge in [-0.05, 0) is 52.6 Å². The molecule has 0 bridgehead atoms. The van der Waals surface area contributed by atoms with Gasteiger partial charge in [-0.2, -0.15) is 0 Å². The molecule has 3 rings (SSSR count). The number of aromatic amines is 1. The molecular weight excluding hydrogens is 282 g/mol. The number of thiophene rings is 1. The third-order valence-electron chi connectivity index (χ3n) is 4.80. The number of fused-ring (bicyclic) bond motifs is 1. The van der Waals surface area contributed by atoms with Crippen LogP contribution in [0.4, 0.5) is 0 Å². The number of H-pyrrole nitrogens is 1. The zero-order valence-corrected chi connectivity index (χ0v) is 14.0. The molecule has 21 heavy (non-hydrogen) atoms. The summed E-state index contributed by atoms with van der Waals surface area (Å²) in [6, 6.07) is 0.724. The molecule has 1 aliphatic heterocycles. The van der Waals surface area contributed by atoms with Crippen LogP contribution in [0.15, 0.2) is 4.79 Å². The molecule has 2 aromatic rings. The number of piperidine rings is 1. The summed E-state index contributed by atoms with van der Waals surface area (Å²) in [4.78, 5) is 24.7. The molecule has 0 amide bonds. The SMILES string of the molecule is Cc1sc2nc(C(C)N3CCCCC3C)[nH]c(=O)c2c1C. The average Bonchev–Trinajstić information content (AvgIpc) is 2.74. The molecule has 5 heteroatoms. The van der Waals surface area contributed by atoms with Gasteiger partial charge < -0.3 is 4.98 Å². The lowest BCUT2D eigenvalue weighted by Crippen LogP contribution is -2.40. The summed E-state index contributed by atoms with van der Waals surface area (Å²) in [5, 5.41) is 0.764. The second-order valence-corrected chi connectivity index (χ2v) is 7.38. The monoisotopic (exact) mass is 305 g/mol. The van der Waals surface area contributed by atoms with E-state index in [1.165, 1.54) is 24.1 Å². The lowest BCUT2D eigenvalue weighted by molar-refractivity contribution is 0.110. The maximum absolute atomic E-state index is 12.4. The lowest BCUT2D eigenvalue weighted by atomic mass is 10.0. The van der Waals surface area contributed by atoms with Crippen LogP contribution < -0.4 is 5.56 Å². The Morgan fingerprint density at radius 3 is 2.86 bits per heavy atom. The number of aromatic nitrogens is 2. The van der Waals surface area contributed by atoms with E-state index < -0.39 is 0 Å². The summed E-state index contributed by atoms with van der Waals surface area (Å²) < 4.78 is 0. The van der Waals surface area contributed by atoms with E-state index in [1.807, 2.05) is 6.92 Å². The minimum Gasteiger partial charge on any atom is -0.309 e.